The fourth-order valence-corrected chi connectivity index (χ4v) is 1.73. The Bertz CT molecular complexity index is 541. The van der Waals surface area contributed by atoms with Crippen molar-refractivity contribution in [3.63, 3.8) is 0 Å². The second kappa shape index (κ2) is 5.69. The minimum Gasteiger partial charge on any atom is -0.308 e. The Morgan fingerprint density at radius 2 is 1.94 bits per heavy atom. The van der Waals surface area contributed by atoms with Gasteiger partial charge in [-0.2, -0.15) is 0 Å². The molecule has 0 aliphatic carbocycles. The molecule has 0 unspecified atom stereocenters. The van der Waals surface area contributed by atoms with Crippen LogP contribution >= 0.6 is 0 Å². The molecule has 2 aromatic rings. The van der Waals surface area contributed by atoms with E-state index in [1.807, 2.05) is 13.0 Å². The monoisotopic (exact) mass is 248 g/mol. The summed E-state index contributed by atoms with van der Waals surface area (Å²) in [5, 5.41) is 3.07. The Morgan fingerprint density at radius 3 is 2.72 bits per heavy atom. The number of halogens is 2. The van der Waals surface area contributed by atoms with Gasteiger partial charge in [-0.3, -0.25) is 4.98 Å². The highest BCUT2D eigenvalue weighted by Gasteiger charge is 2.03. The van der Waals surface area contributed by atoms with Gasteiger partial charge in [0.05, 0.1) is 0 Å². The van der Waals surface area contributed by atoms with Crippen LogP contribution < -0.4 is 5.32 Å². The summed E-state index contributed by atoms with van der Waals surface area (Å²) < 4.78 is 26.3. The van der Waals surface area contributed by atoms with Gasteiger partial charge in [-0.1, -0.05) is 6.07 Å². The van der Waals surface area contributed by atoms with Crippen LogP contribution in [0.4, 0.5) is 8.78 Å². The molecule has 2 rings (SSSR count). The average Bonchev–Trinajstić information content (AvgIpc) is 2.34. The molecule has 0 spiro atoms. The molecule has 18 heavy (non-hydrogen) atoms. The van der Waals surface area contributed by atoms with Crippen LogP contribution in [0.1, 0.15) is 16.7 Å². The van der Waals surface area contributed by atoms with Gasteiger partial charge in [0.2, 0.25) is 0 Å². The maximum absolute atomic E-state index is 13.3. The number of benzene rings is 1. The zero-order valence-electron chi connectivity index (χ0n) is 10.1. The summed E-state index contributed by atoms with van der Waals surface area (Å²) in [7, 11) is 0. The van der Waals surface area contributed by atoms with Crippen LogP contribution in [0, 0.1) is 18.6 Å². The lowest BCUT2D eigenvalue weighted by molar-refractivity contribution is 0.568. The highest BCUT2D eigenvalue weighted by atomic mass is 19.1. The van der Waals surface area contributed by atoms with Crippen molar-refractivity contribution in [2.45, 2.75) is 20.0 Å². The van der Waals surface area contributed by atoms with E-state index in [1.54, 1.807) is 12.4 Å². The molecule has 0 saturated carbocycles. The summed E-state index contributed by atoms with van der Waals surface area (Å²) in [6.07, 6.45) is 3.53. The van der Waals surface area contributed by atoms with Gasteiger partial charge >= 0.3 is 0 Å². The number of pyridine rings is 1. The first-order valence-electron chi connectivity index (χ1n) is 5.70. The molecule has 0 aliphatic rings. The second-order valence-corrected chi connectivity index (χ2v) is 4.21. The largest absolute Gasteiger partial charge is 0.308 e. The number of nitrogens with zero attached hydrogens (tertiary/aromatic N) is 1. The van der Waals surface area contributed by atoms with Crippen molar-refractivity contribution in [1.82, 2.24) is 10.3 Å². The smallest absolute Gasteiger partial charge is 0.127 e. The van der Waals surface area contributed by atoms with E-state index in [9.17, 15) is 8.78 Å². The highest BCUT2D eigenvalue weighted by Crippen LogP contribution is 2.09. The summed E-state index contributed by atoms with van der Waals surface area (Å²) in [5.41, 5.74) is 2.42. The van der Waals surface area contributed by atoms with E-state index in [0.29, 0.717) is 12.1 Å². The Balaban J connectivity index is 1.94. The topological polar surface area (TPSA) is 24.9 Å². The van der Waals surface area contributed by atoms with Crippen molar-refractivity contribution in [3.8, 4) is 0 Å². The second-order valence-electron chi connectivity index (χ2n) is 4.21. The lowest BCUT2D eigenvalue weighted by Gasteiger charge is -2.06. The molecule has 0 atom stereocenters. The fourth-order valence-electron chi connectivity index (χ4n) is 1.73. The van der Waals surface area contributed by atoms with Crippen molar-refractivity contribution < 1.29 is 8.78 Å². The summed E-state index contributed by atoms with van der Waals surface area (Å²) >= 11 is 0. The van der Waals surface area contributed by atoms with Gasteiger partial charge in [-0.25, -0.2) is 8.78 Å². The average molecular weight is 248 g/mol. The molecular formula is C14H14F2N2. The third kappa shape index (κ3) is 3.34. The molecule has 4 heteroatoms. The van der Waals surface area contributed by atoms with Gasteiger partial charge in [-0.05, 0) is 36.2 Å². The van der Waals surface area contributed by atoms with Crippen LogP contribution in [-0.2, 0) is 13.1 Å². The lowest BCUT2D eigenvalue weighted by Crippen LogP contribution is -2.14. The normalized spacial score (nSPS) is 10.6. The van der Waals surface area contributed by atoms with Crippen LogP contribution in [0.15, 0.2) is 36.7 Å². The molecule has 0 saturated heterocycles. The van der Waals surface area contributed by atoms with E-state index in [-0.39, 0.29) is 6.54 Å². The Morgan fingerprint density at radius 1 is 1.11 bits per heavy atom. The summed E-state index contributed by atoms with van der Waals surface area (Å²) in [6, 6.07) is 5.46. The maximum atomic E-state index is 13.3. The quantitative estimate of drug-likeness (QED) is 0.899. The van der Waals surface area contributed by atoms with E-state index in [1.165, 1.54) is 6.07 Å². The summed E-state index contributed by atoms with van der Waals surface area (Å²) in [6.45, 7) is 2.82. The first-order valence-corrected chi connectivity index (χ1v) is 5.70. The van der Waals surface area contributed by atoms with Crippen molar-refractivity contribution in [3.05, 3.63) is 65.0 Å². The van der Waals surface area contributed by atoms with E-state index < -0.39 is 11.6 Å². The summed E-state index contributed by atoms with van der Waals surface area (Å²) in [5.74, 6) is -0.823. The first kappa shape index (κ1) is 12.6. The van der Waals surface area contributed by atoms with Crippen molar-refractivity contribution in [1.29, 1.82) is 0 Å². The molecule has 1 heterocycles. The molecule has 0 amide bonds. The minimum atomic E-state index is -0.426. The van der Waals surface area contributed by atoms with E-state index in [4.69, 9.17) is 0 Å². The van der Waals surface area contributed by atoms with Crippen LogP contribution in [0.5, 0.6) is 0 Å². The van der Waals surface area contributed by atoms with Crippen LogP contribution in [0.2, 0.25) is 0 Å². The van der Waals surface area contributed by atoms with E-state index >= 15 is 0 Å². The Labute approximate surface area is 105 Å². The van der Waals surface area contributed by atoms with Crippen molar-refractivity contribution >= 4 is 0 Å². The number of hydrogen-bond donors (Lipinski definition) is 1. The van der Waals surface area contributed by atoms with Gasteiger partial charge in [0, 0.05) is 31.0 Å². The summed E-state index contributed by atoms with van der Waals surface area (Å²) in [4.78, 5) is 4.07. The zero-order chi connectivity index (χ0) is 13.0. The van der Waals surface area contributed by atoms with Crippen LogP contribution in [-0.4, -0.2) is 4.98 Å². The van der Waals surface area contributed by atoms with Crippen LogP contribution in [0.3, 0.4) is 0 Å². The number of aryl methyl sites for hydroxylation is 1. The fraction of sp³-hybridized carbons (Fsp3) is 0.214. The number of hydrogen-bond acceptors (Lipinski definition) is 2. The molecule has 1 aromatic heterocycles. The third-order valence-corrected chi connectivity index (χ3v) is 2.58. The minimum absolute atomic E-state index is 0.289. The zero-order valence-corrected chi connectivity index (χ0v) is 10.1. The molecule has 2 nitrogen and oxygen atoms in total. The van der Waals surface area contributed by atoms with Gasteiger partial charge < -0.3 is 5.32 Å². The predicted molar refractivity (Wildman–Crippen MR) is 65.9 cm³/mol. The molecule has 0 aliphatic heterocycles. The van der Waals surface area contributed by atoms with Crippen LogP contribution in [0.25, 0.3) is 0 Å². The SMILES string of the molecule is Cc1cncc(CNCc2cc(F)ccc2F)c1. The van der Waals surface area contributed by atoms with Gasteiger partial charge in [-0.15, -0.1) is 0 Å². The van der Waals surface area contributed by atoms with Gasteiger partial charge in [0.15, 0.2) is 0 Å². The standard InChI is InChI=1S/C14H14F2N2/c1-10-4-11(7-17-6-10)8-18-9-12-5-13(15)2-3-14(12)16/h2-7,18H,8-9H2,1H3. The maximum Gasteiger partial charge on any atom is 0.127 e. The molecule has 0 bridgehead atoms. The Hall–Kier alpha value is -1.81. The first-order chi connectivity index (χ1) is 8.65. The van der Waals surface area contributed by atoms with E-state index in [0.717, 1.165) is 23.3 Å². The molecule has 0 radical (unpaired) electrons. The third-order valence-electron chi connectivity index (χ3n) is 2.58. The molecular weight excluding hydrogens is 234 g/mol. The van der Waals surface area contributed by atoms with Gasteiger partial charge in [0.25, 0.3) is 0 Å². The predicted octanol–water partition coefficient (Wildman–Crippen LogP) is 2.96. The Kier molecular flexibility index (Phi) is 3.99. The lowest BCUT2D eigenvalue weighted by atomic mass is 10.2. The highest BCUT2D eigenvalue weighted by molar-refractivity contribution is 5.19. The van der Waals surface area contributed by atoms with Gasteiger partial charge in [0.1, 0.15) is 11.6 Å². The van der Waals surface area contributed by atoms with Crippen molar-refractivity contribution in [2.24, 2.45) is 0 Å². The van der Waals surface area contributed by atoms with E-state index in [2.05, 4.69) is 10.3 Å². The molecule has 1 N–H and O–H groups in total. The number of rotatable bonds is 4. The van der Waals surface area contributed by atoms with Crippen molar-refractivity contribution in [2.75, 3.05) is 0 Å². The molecule has 0 fully saturated rings. The number of aromatic nitrogens is 1. The number of nitrogens with one attached hydrogen (secondary N) is 1. The molecule has 94 valence electrons. The molecule has 1 aromatic carbocycles.